The zero-order chi connectivity index (χ0) is 11.9. The summed E-state index contributed by atoms with van der Waals surface area (Å²) in [6.07, 6.45) is 2.79. The van der Waals surface area contributed by atoms with Gasteiger partial charge >= 0.3 is 0 Å². The average Bonchev–Trinajstić information content (AvgIpc) is 2.22. The fourth-order valence-corrected chi connectivity index (χ4v) is 1.06. The van der Waals surface area contributed by atoms with Crippen molar-refractivity contribution in [2.24, 2.45) is 5.73 Å². The summed E-state index contributed by atoms with van der Waals surface area (Å²) in [7, 11) is 1.63. The molecule has 4 nitrogen and oxygen atoms in total. The molecule has 15 heavy (non-hydrogen) atoms. The van der Waals surface area contributed by atoms with Gasteiger partial charge in [-0.05, 0) is 20.3 Å². The van der Waals surface area contributed by atoms with E-state index >= 15 is 0 Å². The van der Waals surface area contributed by atoms with Crippen molar-refractivity contribution in [2.45, 2.75) is 51.7 Å². The maximum Gasteiger partial charge on any atom is 0.237 e. The van der Waals surface area contributed by atoms with Crippen LogP contribution in [-0.4, -0.2) is 31.2 Å². The van der Waals surface area contributed by atoms with Crippen molar-refractivity contribution in [3.8, 4) is 0 Å². The Morgan fingerprint density at radius 1 is 1.53 bits per heavy atom. The third-order valence-electron chi connectivity index (χ3n) is 2.45. The summed E-state index contributed by atoms with van der Waals surface area (Å²) < 4.78 is 5.19. The van der Waals surface area contributed by atoms with E-state index in [1.165, 1.54) is 0 Å². The van der Waals surface area contributed by atoms with Crippen LogP contribution in [0.1, 0.15) is 40.0 Å². The van der Waals surface area contributed by atoms with Gasteiger partial charge in [0.1, 0.15) is 0 Å². The van der Waals surface area contributed by atoms with Crippen LogP contribution >= 0.6 is 0 Å². The van der Waals surface area contributed by atoms with Gasteiger partial charge in [0.25, 0.3) is 0 Å². The molecule has 3 N–H and O–H groups in total. The van der Waals surface area contributed by atoms with E-state index in [9.17, 15) is 4.79 Å². The number of rotatable bonds is 7. The number of ether oxygens (including phenoxy) is 1. The van der Waals surface area contributed by atoms with Crippen LogP contribution in [0.5, 0.6) is 0 Å². The molecule has 1 unspecified atom stereocenters. The largest absolute Gasteiger partial charge is 0.377 e. The topological polar surface area (TPSA) is 64.4 Å². The highest BCUT2D eigenvalue weighted by molar-refractivity contribution is 5.81. The van der Waals surface area contributed by atoms with E-state index in [1.54, 1.807) is 7.11 Å². The first-order chi connectivity index (χ1) is 6.93. The Bertz CT molecular complexity index is 193. The molecular weight excluding hydrogens is 192 g/mol. The SMILES string of the molecule is CCCCC(N)C(=O)NCC(C)(C)OC. The van der Waals surface area contributed by atoms with Crippen LogP contribution in [0.25, 0.3) is 0 Å². The second-order valence-corrected chi connectivity index (χ2v) is 4.43. The Hall–Kier alpha value is -0.610. The van der Waals surface area contributed by atoms with Gasteiger partial charge in [0.05, 0.1) is 11.6 Å². The molecule has 0 aliphatic heterocycles. The molecule has 4 heteroatoms. The Labute approximate surface area is 92.6 Å². The van der Waals surface area contributed by atoms with Gasteiger partial charge in [0.15, 0.2) is 0 Å². The minimum atomic E-state index is -0.391. The van der Waals surface area contributed by atoms with E-state index < -0.39 is 6.04 Å². The highest BCUT2D eigenvalue weighted by Crippen LogP contribution is 2.05. The molecule has 0 aromatic rings. The first-order valence-corrected chi connectivity index (χ1v) is 5.51. The Morgan fingerprint density at radius 2 is 2.13 bits per heavy atom. The molecule has 0 heterocycles. The molecule has 0 saturated carbocycles. The summed E-state index contributed by atoms with van der Waals surface area (Å²) in [4.78, 5) is 11.5. The lowest BCUT2D eigenvalue weighted by Gasteiger charge is -2.24. The predicted molar refractivity (Wildman–Crippen MR) is 61.6 cm³/mol. The number of hydrogen-bond acceptors (Lipinski definition) is 3. The van der Waals surface area contributed by atoms with E-state index in [1.807, 2.05) is 13.8 Å². The summed E-state index contributed by atoms with van der Waals surface area (Å²) in [5.41, 5.74) is 5.39. The molecule has 0 saturated heterocycles. The highest BCUT2D eigenvalue weighted by Gasteiger charge is 2.19. The molecule has 0 bridgehead atoms. The fraction of sp³-hybridized carbons (Fsp3) is 0.909. The quantitative estimate of drug-likeness (QED) is 0.668. The fourth-order valence-electron chi connectivity index (χ4n) is 1.06. The molecule has 0 spiro atoms. The minimum absolute atomic E-state index is 0.0893. The van der Waals surface area contributed by atoms with Crippen molar-refractivity contribution in [1.29, 1.82) is 0 Å². The van der Waals surface area contributed by atoms with Gasteiger partial charge in [-0.2, -0.15) is 0 Å². The summed E-state index contributed by atoms with van der Waals surface area (Å²) in [5, 5.41) is 2.79. The molecule has 90 valence electrons. The number of nitrogens with one attached hydrogen (secondary N) is 1. The van der Waals surface area contributed by atoms with Crippen LogP contribution in [0.15, 0.2) is 0 Å². The van der Waals surface area contributed by atoms with Crippen molar-refractivity contribution >= 4 is 5.91 Å². The average molecular weight is 216 g/mol. The molecular formula is C11H24N2O2. The molecule has 0 fully saturated rings. The third kappa shape index (κ3) is 6.47. The first-order valence-electron chi connectivity index (χ1n) is 5.51. The van der Waals surface area contributed by atoms with Crippen molar-refractivity contribution in [3.63, 3.8) is 0 Å². The van der Waals surface area contributed by atoms with Gasteiger partial charge in [-0.25, -0.2) is 0 Å². The molecule has 1 amide bonds. The lowest BCUT2D eigenvalue weighted by molar-refractivity contribution is -0.123. The van der Waals surface area contributed by atoms with Crippen molar-refractivity contribution in [2.75, 3.05) is 13.7 Å². The number of carbonyl (C=O) groups excluding carboxylic acids is 1. The maximum absolute atomic E-state index is 11.5. The van der Waals surface area contributed by atoms with Crippen LogP contribution in [0.4, 0.5) is 0 Å². The number of methoxy groups -OCH3 is 1. The highest BCUT2D eigenvalue weighted by atomic mass is 16.5. The maximum atomic E-state index is 11.5. The van der Waals surface area contributed by atoms with E-state index in [-0.39, 0.29) is 11.5 Å². The molecule has 0 rings (SSSR count). The zero-order valence-corrected chi connectivity index (χ0v) is 10.3. The minimum Gasteiger partial charge on any atom is -0.377 e. The molecule has 0 aliphatic rings. The van der Waals surface area contributed by atoms with Crippen LogP contribution in [0.3, 0.4) is 0 Å². The van der Waals surface area contributed by atoms with Gasteiger partial charge in [-0.3, -0.25) is 4.79 Å². The van der Waals surface area contributed by atoms with Gasteiger partial charge in [0, 0.05) is 13.7 Å². The number of unbranched alkanes of at least 4 members (excludes halogenated alkanes) is 1. The normalized spacial score (nSPS) is 13.7. The monoisotopic (exact) mass is 216 g/mol. The van der Waals surface area contributed by atoms with Crippen LogP contribution in [0.2, 0.25) is 0 Å². The van der Waals surface area contributed by atoms with Crippen molar-refractivity contribution < 1.29 is 9.53 Å². The number of hydrogen-bond donors (Lipinski definition) is 2. The van der Waals surface area contributed by atoms with Crippen molar-refractivity contribution in [3.05, 3.63) is 0 Å². The first kappa shape index (κ1) is 14.4. The van der Waals surface area contributed by atoms with E-state index in [0.717, 1.165) is 19.3 Å². The van der Waals surface area contributed by atoms with Gasteiger partial charge in [0.2, 0.25) is 5.91 Å². The molecule has 0 aromatic heterocycles. The third-order valence-corrected chi connectivity index (χ3v) is 2.45. The predicted octanol–water partition coefficient (Wildman–Crippen LogP) is 1.05. The Kier molecular flexibility index (Phi) is 6.52. The van der Waals surface area contributed by atoms with Crippen molar-refractivity contribution in [1.82, 2.24) is 5.32 Å². The smallest absolute Gasteiger partial charge is 0.237 e. The number of nitrogens with two attached hydrogens (primary N) is 1. The summed E-state index contributed by atoms with van der Waals surface area (Å²) in [6.45, 7) is 6.41. The lowest BCUT2D eigenvalue weighted by Crippen LogP contribution is -2.46. The molecule has 0 aliphatic carbocycles. The van der Waals surface area contributed by atoms with Crippen LogP contribution in [-0.2, 0) is 9.53 Å². The Balaban J connectivity index is 3.82. The standard InChI is InChI=1S/C11H24N2O2/c1-5-6-7-9(12)10(14)13-8-11(2,3)15-4/h9H,5-8,12H2,1-4H3,(H,13,14). The van der Waals surface area contributed by atoms with Crippen LogP contribution < -0.4 is 11.1 Å². The van der Waals surface area contributed by atoms with E-state index in [0.29, 0.717) is 6.54 Å². The van der Waals surface area contributed by atoms with Gasteiger partial charge in [-0.1, -0.05) is 19.8 Å². The lowest BCUT2D eigenvalue weighted by atomic mass is 10.1. The zero-order valence-electron chi connectivity index (χ0n) is 10.3. The summed E-state index contributed by atoms with van der Waals surface area (Å²) in [6, 6.07) is -0.391. The summed E-state index contributed by atoms with van der Waals surface area (Å²) in [5.74, 6) is -0.0893. The molecule has 0 radical (unpaired) electrons. The van der Waals surface area contributed by atoms with Crippen LogP contribution in [0, 0.1) is 0 Å². The second-order valence-electron chi connectivity index (χ2n) is 4.43. The molecule has 1 atom stereocenters. The van der Waals surface area contributed by atoms with E-state index in [2.05, 4.69) is 12.2 Å². The second kappa shape index (κ2) is 6.80. The molecule has 0 aromatic carbocycles. The summed E-state index contributed by atoms with van der Waals surface area (Å²) >= 11 is 0. The van der Waals surface area contributed by atoms with E-state index in [4.69, 9.17) is 10.5 Å². The van der Waals surface area contributed by atoms with Gasteiger partial charge in [-0.15, -0.1) is 0 Å². The Morgan fingerprint density at radius 3 is 2.60 bits per heavy atom. The number of amides is 1. The van der Waals surface area contributed by atoms with Gasteiger partial charge < -0.3 is 15.8 Å². The number of carbonyl (C=O) groups is 1.